The quantitative estimate of drug-likeness (QED) is 0.681. The molecule has 1 aliphatic carbocycles. The maximum Gasteiger partial charge on any atom is 0.263 e. The number of fused-ring (bicyclic) bond motifs is 3. The molecule has 2 heterocycles. The number of hydrogen-bond acceptors (Lipinski definition) is 5. The van der Waals surface area contributed by atoms with Crippen LogP contribution in [0.4, 0.5) is 5.69 Å². The van der Waals surface area contributed by atoms with Crippen LogP contribution in [0.25, 0.3) is 10.2 Å². The number of para-hydroxylation sites is 2. The van der Waals surface area contributed by atoms with Gasteiger partial charge in [0, 0.05) is 4.88 Å². The zero-order valence-electron chi connectivity index (χ0n) is 16.9. The van der Waals surface area contributed by atoms with Crippen LogP contribution in [0.2, 0.25) is 0 Å². The van der Waals surface area contributed by atoms with Gasteiger partial charge in [-0.15, -0.1) is 11.3 Å². The van der Waals surface area contributed by atoms with Crippen molar-refractivity contribution in [1.29, 1.82) is 0 Å². The van der Waals surface area contributed by atoms with E-state index in [0.717, 1.165) is 36.1 Å². The highest BCUT2D eigenvalue weighted by atomic mass is 32.1. The number of rotatable bonds is 5. The molecule has 29 heavy (non-hydrogen) atoms. The molecule has 1 unspecified atom stereocenters. The third kappa shape index (κ3) is 3.55. The average Bonchev–Trinajstić information content (AvgIpc) is 3.07. The van der Waals surface area contributed by atoms with Crippen molar-refractivity contribution in [2.75, 3.05) is 11.9 Å². The predicted octanol–water partition coefficient (Wildman–Crippen LogP) is 4.24. The van der Waals surface area contributed by atoms with Gasteiger partial charge in [-0.3, -0.25) is 14.2 Å². The second-order valence-electron chi connectivity index (χ2n) is 7.32. The Morgan fingerprint density at radius 1 is 1.31 bits per heavy atom. The molecule has 152 valence electrons. The van der Waals surface area contributed by atoms with E-state index in [-0.39, 0.29) is 11.5 Å². The summed E-state index contributed by atoms with van der Waals surface area (Å²) in [6, 6.07) is 6.61. The summed E-state index contributed by atoms with van der Waals surface area (Å²) in [5, 5.41) is 3.60. The van der Waals surface area contributed by atoms with Crippen LogP contribution in [0.5, 0.6) is 5.75 Å². The number of aryl methyl sites for hydroxylation is 3. The van der Waals surface area contributed by atoms with Gasteiger partial charge in [0.05, 0.1) is 17.7 Å². The smallest absolute Gasteiger partial charge is 0.263 e. The lowest BCUT2D eigenvalue weighted by atomic mass is 9.97. The highest BCUT2D eigenvalue weighted by Crippen LogP contribution is 2.34. The number of aromatic nitrogens is 2. The molecule has 1 aromatic carbocycles. The van der Waals surface area contributed by atoms with Crippen molar-refractivity contribution in [3.63, 3.8) is 0 Å². The second kappa shape index (κ2) is 7.99. The topological polar surface area (TPSA) is 73.2 Å². The molecule has 2 aromatic heterocycles. The third-order valence-corrected chi connectivity index (χ3v) is 6.59. The van der Waals surface area contributed by atoms with Crippen LogP contribution in [0, 0.1) is 6.92 Å². The second-order valence-corrected chi connectivity index (χ2v) is 8.40. The van der Waals surface area contributed by atoms with Crippen LogP contribution in [0.3, 0.4) is 0 Å². The van der Waals surface area contributed by atoms with E-state index < -0.39 is 6.04 Å². The summed E-state index contributed by atoms with van der Waals surface area (Å²) in [5.74, 6) is 0.898. The number of benzene rings is 1. The van der Waals surface area contributed by atoms with Crippen molar-refractivity contribution in [2.24, 2.45) is 0 Å². The van der Waals surface area contributed by atoms with Gasteiger partial charge in [0.25, 0.3) is 5.56 Å². The van der Waals surface area contributed by atoms with Crippen molar-refractivity contribution in [3.8, 4) is 5.75 Å². The molecule has 1 aliphatic rings. The lowest BCUT2D eigenvalue weighted by Crippen LogP contribution is -2.34. The normalized spacial score (nSPS) is 14.4. The largest absolute Gasteiger partial charge is 0.492 e. The number of carbonyl (C=O) groups is 1. The zero-order valence-corrected chi connectivity index (χ0v) is 17.8. The summed E-state index contributed by atoms with van der Waals surface area (Å²) < 4.78 is 7.10. The molecule has 0 radical (unpaired) electrons. The summed E-state index contributed by atoms with van der Waals surface area (Å²) in [6.45, 7) is 5.92. The molecule has 0 saturated heterocycles. The molecule has 1 amide bonds. The maximum absolute atomic E-state index is 13.4. The maximum atomic E-state index is 13.4. The van der Waals surface area contributed by atoms with Gasteiger partial charge < -0.3 is 10.1 Å². The Balaban J connectivity index is 1.71. The number of hydrogen-bond donors (Lipinski definition) is 1. The van der Waals surface area contributed by atoms with Crippen molar-refractivity contribution >= 4 is 33.1 Å². The van der Waals surface area contributed by atoms with Crippen molar-refractivity contribution in [1.82, 2.24) is 9.55 Å². The minimum Gasteiger partial charge on any atom is -0.492 e. The van der Waals surface area contributed by atoms with E-state index in [4.69, 9.17) is 4.74 Å². The average molecular weight is 412 g/mol. The van der Waals surface area contributed by atoms with Crippen LogP contribution in [-0.4, -0.2) is 22.1 Å². The summed E-state index contributed by atoms with van der Waals surface area (Å²) in [6.07, 6.45) is 4.18. The Labute approximate surface area is 173 Å². The van der Waals surface area contributed by atoms with Crippen molar-refractivity contribution in [2.45, 2.75) is 52.5 Å². The van der Waals surface area contributed by atoms with E-state index in [1.807, 2.05) is 25.1 Å². The number of ether oxygens (including phenoxy) is 1. The van der Waals surface area contributed by atoms with E-state index in [1.165, 1.54) is 9.44 Å². The van der Waals surface area contributed by atoms with Crippen molar-refractivity contribution < 1.29 is 9.53 Å². The molecule has 7 heteroatoms. The molecule has 0 saturated carbocycles. The monoisotopic (exact) mass is 411 g/mol. The molecule has 0 spiro atoms. The molecule has 0 fully saturated rings. The van der Waals surface area contributed by atoms with Crippen LogP contribution < -0.4 is 15.6 Å². The number of nitrogens with one attached hydrogen (secondary N) is 1. The molecular weight excluding hydrogens is 386 g/mol. The SMILES string of the molecule is CCOc1ccccc1NC(=O)C(C)n1c(C)nc2sc3c(c2c1=O)CCCC3. The highest BCUT2D eigenvalue weighted by Gasteiger charge is 2.25. The van der Waals surface area contributed by atoms with Gasteiger partial charge in [0.15, 0.2) is 0 Å². The van der Waals surface area contributed by atoms with Gasteiger partial charge in [-0.05, 0) is 64.2 Å². The predicted molar refractivity (Wildman–Crippen MR) is 116 cm³/mol. The van der Waals surface area contributed by atoms with E-state index in [9.17, 15) is 9.59 Å². The standard InChI is InChI=1S/C22H25N3O3S/c1-4-28-17-11-7-6-10-16(17)24-20(26)13(2)25-14(3)23-21-19(22(25)27)15-9-5-8-12-18(15)29-21/h6-7,10-11,13H,4-5,8-9,12H2,1-3H3,(H,24,26). The lowest BCUT2D eigenvalue weighted by Gasteiger charge is -2.19. The van der Waals surface area contributed by atoms with E-state index >= 15 is 0 Å². The number of nitrogens with zero attached hydrogens (tertiary/aromatic N) is 2. The summed E-state index contributed by atoms with van der Waals surface area (Å²) >= 11 is 1.63. The molecule has 6 nitrogen and oxygen atoms in total. The van der Waals surface area contributed by atoms with E-state index in [0.29, 0.717) is 29.3 Å². The Bertz CT molecular complexity index is 1130. The van der Waals surface area contributed by atoms with Gasteiger partial charge in [0.1, 0.15) is 22.4 Å². The fourth-order valence-corrected chi connectivity index (χ4v) is 5.28. The van der Waals surface area contributed by atoms with Gasteiger partial charge in [0.2, 0.25) is 5.91 Å². The first-order valence-electron chi connectivity index (χ1n) is 10.1. The first-order chi connectivity index (χ1) is 14.0. The summed E-state index contributed by atoms with van der Waals surface area (Å²) in [4.78, 5) is 33.1. The summed E-state index contributed by atoms with van der Waals surface area (Å²) in [7, 11) is 0. The number of anilines is 1. The van der Waals surface area contributed by atoms with Gasteiger partial charge in [-0.25, -0.2) is 4.98 Å². The molecule has 4 rings (SSSR count). The molecule has 1 atom stereocenters. The van der Waals surface area contributed by atoms with Gasteiger partial charge >= 0.3 is 0 Å². The first kappa shape index (κ1) is 19.6. The van der Waals surface area contributed by atoms with E-state index in [2.05, 4.69) is 10.3 Å². The highest BCUT2D eigenvalue weighted by molar-refractivity contribution is 7.18. The number of thiophene rings is 1. The minimum absolute atomic E-state index is 0.118. The number of carbonyl (C=O) groups excluding carboxylic acids is 1. The minimum atomic E-state index is -0.687. The molecule has 0 aliphatic heterocycles. The Morgan fingerprint density at radius 2 is 2.07 bits per heavy atom. The Morgan fingerprint density at radius 3 is 2.86 bits per heavy atom. The van der Waals surface area contributed by atoms with Crippen LogP contribution >= 0.6 is 11.3 Å². The first-order valence-corrected chi connectivity index (χ1v) is 10.9. The molecular formula is C22H25N3O3S. The molecule has 3 aromatic rings. The molecule has 1 N–H and O–H groups in total. The van der Waals surface area contributed by atoms with Crippen molar-refractivity contribution in [3.05, 3.63) is 50.9 Å². The van der Waals surface area contributed by atoms with Crippen LogP contribution in [0.15, 0.2) is 29.1 Å². The molecule has 0 bridgehead atoms. The lowest BCUT2D eigenvalue weighted by molar-refractivity contribution is -0.118. The third-order valence-electron chi connectivity index (χ3n) is 5.41. The number of amides is 1. The summed E-state index contributed by atoms with van der Waals surface area (Å²) in [5.41, 5.74) is 1.61. The van der Waals surface area contributed by atoms with E-state index in [1.54, 1.807) is 31.3 Å². The van der Waals surface area contributed by atoms with Gasteiger partial charge in [-0.2, -0.15) is 0 Å². The Kier molecular flexibility index (Phi) is 5.41. The Hall–Kier alpha value is -2.67. The van der Waals surface area contributed by atoms with Crippen LogP contribution in [-0.2, 0) is 17.6 Å². The van der Waals surface area contributed by atoms with Crippen LogP contribution in [0.1, 0.15) is 49.0 Å². The fourth-order valence-electron chi connectivity index (χ4n) is 3.98. The van der Waals surface area contributed by atoms with Gasteiger partial charge in [-0.1, -0.05) is 12.1 Å². The fraction of sp³-hybridized carbons (Fsp3) is 0.409. The zero-order chi connectivity index (χ0) is 20.5.